The van der Waals surface area contributed by atoms with Gasteiger partial charge in [-0.3, -0.25) is 4.79 Å². The average Bonchev–Trinajstić information content (AvgIpc) is 2.98. The molecule has 1 aliphatic rings. The summed E-state index contributed by atoms with van der Waals surface area (Å²) in [7, 11) is 1.67. The number of hydrogen-bond donors (Lipinski definition) is 1. The second-order valence-electron chi connectivity index (χ2n) is 4.72. The van der Waals surface area contributed by atoms with Gasteiger partial charge in [0.1, 0.15) is 0 Å². The maximum absolute atomic E-state index is 11.3. The van der Waals surface area contributed by atoms with Gasteiger partial charge < -0.3 is 14.7 Å². The molecule has 0 bridgehead atoms. The Bertz CT molecular complexity index is 405. The standard InChI is InChI=1S/C12H20N4O2/c1-3-4-11-14-12(15-18-11)16-6-5-9(8-16)7-10(17)13-2/h9H,3-8H2,1-2H3,(H,13,17)/t9-/m1/s1. The Morgan fingerprint density at radius 2 is 2.44 bits per heavy atom. The van der Waals surface area contributed by atoms with E-state index in [0.717, 1.165) is 32.4 Å². The summed E-state index contributed by atoms with van der Waals surface area (Å²) in [6.07, 6.45) is 3.40. The van der Waals surface area contributed by atoms with Crippen LogP contribution >= 0.6 is 0 Å². The van der Waals surface area contributed by atoms with Crippen molar-refractivity contribution < 1.29 is 9.32 Å². The van der Waals surface area contributed by atoms with E-state index in [1.807, 2.05) is 0 Å². The van der Waals surface area contributed by atoms with E-state index in [1.54, 1.807) is 7.05 Å². The van der Waals surface area contributed by atoms with Crippen LogP contribution < -0.4 is 10.2 Å². The van der Waals surface area contributed by atoms with Crippen LogP contribution in [0.15, 0.2) is 4.52 Å². The number of hydrogen-bond acceptors (Lipinski definition) is 5. The molecule has 0 saturated carbocycles. The Kier molecular flexibility index (Phi) is 4.17. The Hall–Kier alpha value is -1.59. The molecule has 0 radical (unpaired) electrons. The first-order valence-electron chi connectivity index (χ1n) is 6.51. The highest BCUT2D eigenvalue weighted by Gasteiger charge is 2.27. The highest BCUT2D eigenvalue weighted by atomic mass is 16.5. The van der Waals surface area contributed by atoms with Crippen molar-refractivity contribution in [2.45, 2.75) is 32.6 Å². The third-order valence-corrected chi connectivity index (χ3v) is 3.24. The third-order valence-electron chi connectivity index (χ3n) is 3.24. The van der Waals surface area contributed by atoms with E-state index in [9.17, 15) is 4.79 Å². The molecule has 0 unspecified atom stereocenters. The molecular formula is C12H20N4O2. The molecule has 0 spiro atoms. The lowest BCUT2D eigenvalue weighted by molar-refractivity contribution is -0.121. The van der Waals surface area contributed by atoms with Gasteiger partial charge in [-0.1, -0.05) is 6.92 Å². The normalized spacial score (nSPS) is 19.2. The van der Waals surface area contributed by atoms with Crippen molar-refractivity contribution in [3.8, 4) is 0 Å². The molecule has 1 N–H and O–H groups in total. The molecule has 1 fully saturated rings. The minimum atomic E-state index is 0.0987. The summed E-state index contributed by atoms with van der Waals surface area (Å²) in [6.45, 7) is 3.81. The van der Waals surface area contributed by atoms with Crippen LogP contribution in [0, 0.1) is 5.92 Å². The van der Waals surface area contributed by atoms with Crippen LogP contribution in [0.25, 0.3) is 0 Å². The van der Waals surface area contributed by atoms with Crippen LogP contribution in [0.3, 0.4) is 0 Å². The predicted molar refractivity (Wildman–Crippen MR) is 67.3 cm³/mol. The van der Waals surface area contributed by atoms with Crippen molar-refractivity contribution in [1.29, 1.82) is 0 Å². The van der Waals surface area contributed by atoms with E-state index >= 15 is 0 Å². The predicted octanol–water partition coefficient (Wildman–Crippen LogP) is 0.984. The number of anilines is 1. The SMILES string of the molecule is CCCc1nc(N2CC[C@H](CC(=O)NC)C2)no1. The number of amides is 1. The number of rotatable bonds is 5. The monoisotopic (exact) mass is 252 g/mol. The smallest absolute Gasteiger partial charge is 0.266 e. The Labute approximate surface area is 107 Å². The number of nitrogens with one attached hydrogen (secondary N) is 1. The summed E-state index contributed by atoms with van der Waals surface area (Å²) in [4.78, 5) is 17.8. The molecule has 1 aromatic heterocycles. The van der Waals surface area contributed by atoms with Gasteiger partial charge in [0.15, 0.2) is 0 Å². The first-order valence-corrected chi connectivity index (χ1v) is 6.51. The molecule has 2 heterocycles. The maximum atomic E-state index is 11.3. The molecule has 1 aromatic rings. The number of carbonyl (C=O) groups excluding carboxylic acids is 1. The summed E-state index contributed by atoms with van der Waals surface area (Å²) in [5.41, 5.74) is 0. The van der Waals surface area contributed by atoms with Gasteiger partial charge in [0.25, 0.3) is 5.95 Å². The molecule has 0 aliphatic carbocycles. The van der Waals surface area contributed by atoms with Gasteiger partial charge in [0.05, 0.1) is 0 Å². The van der Waals surface area contributed by atoms with Crippen molar-refractivity contribution in [3.63, 3.8) is 0 Å². The molecule has 1 aliphatic heterocycles. The van der Waals surface area contributed by atoms with E-state index in [2.05, 4.69) is 27.3 Å². The zero-order valence-corrected chi connectivity index (χ0v) is 11.0. The minimum absolute atomic E-state index is 0.0987. The van der Waals surface area contributed by atoms with Crippen molar-refractivity contribution in [2.24, 2.45) is 5.92 Å². The molecule has 1 saturated heterocycles. The summed E-state index contributed by atoms with van der Waals surface area (Å²) >= 11 is 0. The lowest BCUT2D eigenvalue weighted by Gasteiger charge is -2.12. The Balaban J connectivity index is 1.89. The van der Waals surface area contributed by atoms with E-state index in [-0.39, 0.29) is 5.91 Å². The second kappa shape index (κ2) is 5.84. The highest BCUT2D eigenvalue weighted by Crippen LogP contribution is 2.23. The molecule has 100 valence electrons. The summed E-state index contributed by atoms with van der Waals surface area (Å²) in [6, 6.07) is 0. The van der Waals surface area contributed by atoms with Crippen LogP contribution in [-0.4, -0.2) is 36.2 Å². The summed E-state index contributed by atoms with van der Waals surface area (Å²) < 4.78 is 5.17. The number of nitrogens with zero attached hydrogens (tertiary/aromatic N) is 3. The quantitative estimate of drug-likeness (QED) is 0.846. The Morgan fingerprint density at radius 3 is 3.17 bits per heavy atom. The van der Waals surface area contributed by atoms with Gasteiger partial charge in [-0.15, -0.1) is 0 Å². The molecule has 18 heavy (non-hydrogen) atoms. The molecule has 6 nitrogen and oxygen atoms in total. The van der Waals surface area contributed by atoms with Crippen molar-refractivity contribution >= 4 is 11.9 Å². The third kappa shape index (κ3) is 3.00. The Morgan fingerprint density at radius 1 is 1.61 bits per heavy atom. The van der Waals surface area contributed by atoms with Gasteiger partial charge in [-0.05, 0) is 23.9 Å². The lowest BCUT2D eigenvalue weighted by atomic mass is 10.1. The van der Waals surface area contributed by atoms with Crippen molar-refractivity contribution in [2.75, 3.05) is 25.0 Å². The maximum Gasteiger partial charge on any atom is 0.266 e. The summed E-state index contributed by atoms with van der Waals surface area (Å²) in [5, 5.41) is 6.65. The van der Waals surface area contributed by atoms with Gasteiger partial charge >= 0.3 is 0 Å². The summed E-state index contributed by atoms with van der Waals surface area (Å²) in [5.74, 6) is 1.85. The van der Waals surface area contributed by atoms with Crippen LogP contribution in [-0.2, 0) is 11.2 Å². The fourth-order valence-electron chi connectivity index (χ4n) is 2.23. The fourth-order valence-corrected chi connectivity index (χ4v) is 2.23. The van der Waals surface area contributed by atoms with Crippen LogP contribution in [0.1, 0.15) is 32.1 Å². The number of aryl methyl sites for hydroxylation is 1. The van der Waals surface area contributed by atoms with E-state index in [1.165, 1.54) is 0 Å². The minimum Gasteiger partial charge on any atom is -0.359 e. The molecule has 1 amide bonds. The van der Waals surface area contributed by atoms with E-state index in [0.29, 0.717) is 24.2 Å². The molecule has 6 heteroatoms. The topological polar surface area (TPSA) is 71.3 Å². The largest absolute Gasteiger partial charge is 0.359 e. The second-order valence-corrected chi connectivity index (χ2v) is 4.72. The van der Waals surface area contributed by atoms with Crippen molar-refractivity contribution in [1.82, 2.24) is 15.5 Å². The molecule has 0 aromatic carbocycles. The van der Waals surface area contributed by atoms with Crippen LogP contribution in [0.2, 0.25) is 0 Å². The van der Waals surface area contributed by atoms with Gasteiger partial charge in [0, 0.05) is 33.0 Å². The van der Waals surface area contributed by atoms with Crippen molar-refractivity contribution in [3.05, 3.63) is 5.89 Å². The lowest BCUT2D eigenvalue weighted by Crippen LogP contribution is -2.24. The average molecular weight is 252 g/mol. The molecule has 1 atom stereocenters. The zero-order chi connectivity index (χ0) is 13.0. The number of carbonyl (C=O) groups is 1. The van der Waals surface area contributed by atoms with E-state index < -0.39 is 0 Å². The van der Waals surface area contributed by atoms with E-state index in [4.69, 9.17) is 4.52 Å². The van der Waals surface area contributed by atoms with Gasteiger partial charge in [-0.25, -0.2) is 0 Å². The molecular weight excluding hydrogens is 232 g/mol. The highest BCUT2D eigenvalue weighted by molar-refractivity contribution is 5.75. The first-order chi connectivity index (χ1) is 8.72. The van der Waals surface area contributed by atoms with Gasteiger partial charge in [0.2, 0.25) is 11.8 Å². The number of aromatic nitrogens is 2. The fraction of sp³-hybridized carbons (Fsp3) is 0.750. The van der Waals surface area contributed by atoms with Crippen LogP contribution in [0.5, 0.6) is 0 Å². The van der Waals surface area contributed by atoms with Gasteiger partial charge in [-0.2, -0.15) is 4.98 Å². The zero-order valence-electron chi connectivity index (χ0n) is 11.0. The first kappa shape index (κ1) is 12.9. The molecule has 2 rings (SSSR count). The van der Waals surface area contributed by atoms with Crippen LogP contribution in [0.4, 0.5) is 5.95 Å².